The topological polar surface area (TPSA) is 37.4 Å². The Labute approximate surface area is 148 Å². The summed E-state index contributed by atoms with van der Waals surface area (Å²) >= 11 is 0. The molecular weight excluding hydrogens is 310 g/mol. The molecule has 0 aromatic heterocycles. The molecule has 0 fully saturated rings. The summed E-state index contributed by atoms with van der Waals surface area (Å²) in [5, 5.41) is 0. The lowest BCUT2D eigenvalue weighted by Crippen LogP contribution is -2.34. The van der Waals surface area contributed by atoms with Crippen molar-refractivity contribution in [2.24, 2.45) is 0 Å². The Kier molecular flexibility index (Phi) is 4.81. The summed E-state index contributed by atoms with van der Waals surface area (Å²) in [5.74, 6) is 5.69. The van der Waals surface area contributed by atoms with E-state index in [1.807, 2.05) is 49.1 Å². The van der Waals surface area contributed by atoms with E-state index in [0.717, 1.165) is 5.56 Å². The zero-order valence-electron chi connectivity index (χ0n) is 14.4. The van der Waals surface area contributed by atoms with Gasteiger partial charge in [0.2, 0.25) is 11.6 Å². The largest absolute Gasteiger partial charge is 0.368 e. The van der Waals surface area contributed by atoms with Gasteiger partial charge in [-0.05, 0) is 26.0 Å². The highest BCUT2D eigenvalue weighted by Gasteiger charge is 2.33. The number of ketones is 2. The molecule has 25 heavy (non-hydrogen) atoms. The van der Waals surface area contributed by atoms with Crippen LogP contribution in [0.2, 0.25) is 0 Å². The van der Waals surface area contributed by atoms with Crippen LogP contribution in [0.5, 0.6) is 0 Å². The molecular formula is C22H19NO2. The summed E-state index contributed by atoms with van der Waals surface area (Å²) in [4.78, 5) is 27.9. The molecule has 0 saturated heterocycles. The molecule has 1 aliphatic rings. The third-order valence-corrected chi connectivity index (χ3v) is 4.28. The van der Waals surface area contributed by atoms with Gasteiger partial charge in [-0.1, -0.05) is 54.3 Å². The summed E-state index contributed by atoms with van der Waals surface area (Å²) in [6.07, 6.45) is 0. The summed E-state index contributed by atoms with van der Waals surface area (Å²) < 4.78 is 0. The molecule has 3 nitrogen and oxygen atoms in total. The van der Waals surface area contributed by atoms with E-state index >= 15 is 0 Å². The Bertz CT molecular complexity index is 910. The number of fused-ring (bicyclic) bond motifs is 1. The highest BCUT2D eigenvalue weighted by atomic mass is 16.1. The predicted molar refractivity (Wildman–Crippen MR) is 98.4 cm³/mol. The fourth-order valence-electron chi connectivity index (χ4n) is 2.98. The predicted octanol–water partition coefficient (Wildman–Crippen LogP) is 3.71. The highest BCUT2D eigenvalue weighted by molar-refractivity contribution is 6.28. The zero-order chi connectivity index (χ0) is 17.8. The monoisotopic (exact) mass is 329 g/mol. The van der Waals surface area contributed by atoms with Gasteiger partial charge in [0.25, 0.3) is 0 Å². The van der Waals surface area contributed by atoms with Crippen molar-refractivity contribution in [1.82, 2.24) is 4.90 Å². The number of allylic oxidation sites excluding steroid dienone is 2. The Hall–Kier alpha value is -3.12. The molecule has 0 saturated carbocycles. The van der Waals surface area contributed by atoms with Gasteiger partial charge >= 0.3 is 0 Å². The first kappa shape index (κ1) is 16.7. The molecule has 0 amide bonds. The van der Waals surface area contributed by atoms with E-state index in [0.29, 0.717) is 29.9 Å². The second kappa shape index (κ2) is 7.19. The molecule has 0 aliphatic heterocycles. The average Bonchev–Trinajstić information content (AvgIpc) is 2.66. The van der Waals surface area contributed by atoms with Crippen molar-refractivity contribution in [3.8, 4) is 11.8 Å². The third kappa shape index (κ3) is 3.12. The van der Waals surface area contributed by atoms with Gasteiger partial charge in [0.1, 0.15) is 11.3 Å². The fourth-order valence-corrected chi connectivity index (χ4v) is 2.98. The third-order valence-electron chi connectivity index (χ3n) is 4.28. The molecule has 0 atom stereocenters. The van der Waals surface area contributed by atoms with E-state index in [1.54, 1.807) is 24.3 Å². The van der Waals surface area contributed by atoms with Crippen LogP contribution in [0.3, 0.4) is 0 Å². The van der Waals surface area contributed by atoms with Crippen molar-refractivity contribution in [2.75, 3.05) is 13.1 Å². The smallest absolute Gasteiger partial charge is 0.211 e. The van der Waals surface area contributed by atoms with Crippen LogP contribution < -0.4 is 0 Å². The van der Waals surface area contributed by atoms with Gasteiger partial charge in [-0.3, -0.25) is 9.59 Å². The second-order valence-electron chi connectivity index (χ2n) is 5.72. The maximum absolute atomic E-state index is 13.0. The minimum Gasteiger partial charge on any atom is -0.368 e. The maximum atomic E-state index is 13.0. The minimum atomic E-state index is -0.180. The van der Waals surface area contributed by atoms with Crippen LogP contribution in [0.25, 0.3) is 0 Å². The van der Waals surface area contributed by atoms with Crippen LogP contribution in [-0.4, -0.2) is 29.6 Å². The summed E-state index contributed by atoms with van der Waals surface area (Å²) in [6, 6.07) is 16.4. The first-order valence-electron chi connectivity index (χ1n) is 8.42. The molecule has 3 rings (SSSR count). The number of Topliss-reactive ketones (excluding diaryl/α,β-unsaturated/α-hetero) is 2. The van der Waals surface area contributed by atoms with Gasteiger partial charge in [-0.2, -0.15) is 0 Å². The molecule has 0 N–H and O–H groups in total. The van der Waals surface area contributed by atoms with E-state index < -0.39 is 0 Å². The summed E-state index contributed by atoms with van der Waals surface area (Å²) in [5.41, 5.74) is 2.40. The van der Waals surface area contributed by atoms with Crippen LogP contribution in [0.4, 0.5) is 0 Å². The van der Waals surface area contributed by atoms with Gasteiger partial charge in [-0.25, -0.2) is 0 Å². The summed E-state index contributed by atoms with van der Waals surface area (Å²) in [6.45, 7) is 5.22. The Morgan fingerprint density at radius 2 is 1.32 bits per heavy atom. The fraction of sp³-hybridized carbons (Fsp3) is 0.182. The van der Waals surface area contributed by atoms with Crippen LogP contribution in [0.1, 0.15) is 40.1 Å². The minimum absolute atomic E-state index is 0.128. The van der Waals surface area contributed by atoms with Crippen molar-refractivity contribution in [3.05, 3.63) is 82.6 Å². The van der Waals surface area contributed by atoms with E-state index in [2.05, 4.69) is 11.8 Å². The van der Waals surface area contributed by atoms with Gasteiger partial charge in [0, 0.05) is 29.8 Å². The van der Waals surface area contributed by atoms with Crippen LogP contribution >= 0.6 is 0 Å². The molecule has 124 valence electrons. The molecule has 0 heterocycles. The average molecular weight is 329 g/mol. The SMILES string of the molecule is CCN(CC)C1=C(C#Cc2ccccc2)C(=O)c2ccccc2C1=O. The number of nitrogens with zero attached hydrogens (tertiary/aromatic N) is 1. The lowest BCUT2D eigenvalue weighted by molar-refractivity contribution is 0.0947. The van der Waals surface area contributed by atoms with Gasteiger partial charge in [0.05, 0.1) is 0 Å². The lowest BCUT2D eigenvalue weighted by Gasteiger charge is -2.28. The molecule has 0 spiro atoms. The van der Waals surface area contributed by atoms with E-state index in [9.17, 15) is 9.59 Å². The zero-order valence-corrected chi connectivity index (χ0v) is 14.4. The second-order valence-corrected chi connectivity index (χ2v) is 5.72. The van der Waals surface area contributed by atoms with Crippen LogP contribution in [0.15, 0.2) is 65.9 Å². The van der Waals surface area contributed by atoms with Crippen molar-refractivity contribution >= 4 is 11.6 Å². The highest BCUT2D eigenvalue weighted by Crippen LogP contribution is 2.28. The van der Waals surface area contributed by atoms with Crippen molar-refractivity contribution in [2.45, 2.75) is 13.8 Å². The van der Waals surface area contributed by atoms with Gasteiger partial charge in [-0.15, -0.1) is 0 Å². The molecule has 0 radical (unpaired) electrons. The number of hydrogen-bond acceptors (Lipinski definition) is 3. The van der Waals surface area contributed by atoms with E-state index in [-0.39, 0.29) is 17.1 Å². The number of likely N-dealkylation sites (N-methyl/N-ethyl adjacent to an activating group) is 1. The number of hydrogen-bond donors (Lipinski definition) is 0. The summed E-state index contributed by atoms with van der Waals surface area (Å²) in [7, 11) is 0. The Morgan fingerprint density at radius 3 is 1.92 bits per heavy atom. The first-order chi connectivity index (χ1) is 12.2. The number of benzene rings is 2. The van der Waals surface area contributed by atoms with E-state index in [1.165, 1.54) is 0 Å². The van der Waals surface area contributed by atoms with Crippen molar-refractivity contribution in [3.63, 3.8) is 0 Å². The number of carbonyl (C=O) groups excluding carboxylic acids is 2. The Balaban J connectivity index is 2.18. The van der Waals surface area contributed by atoms with Crippen molar-refractivity contribution in [1.29, 1.82) is 0 Å². The quantitative estimate of drug-likeness (QED) is 0.806. The van der Waals surface area contributed by atoms with Gasteiger partial charge < -0.3 is 4.90 Å². The number of carbonyl (C=O) groups is 2. The Morgan fingerprint density at radius 1 is 0.760 bits per heavy atom. The van der Waals surface area contributed by atoms with E-state index in [4.69, 9.17) is 0 Å². The van der Waals surface area contributed by atoms with Gasteiger partial charge in [0.15, 0.2) is 0 Å². The number of rotatable bonds is 3. The van der Waals surface area contributed by atoms with Crippen LogP contribution in [0, 0.1) is 11.8 Å². The molecule has 0 bridgehead atoms. The van der Waals surface area contributed by atoms with Crippen LogP contribution in [-0.2, 0) is 0 Å². The lowest BCUT2D eigenvalue weighted by atomic mass is 9.86. The molecule has 2 aromatic carbocycles. The normalized spacial score (nSPS) is 13.2. The standard InChI is InChI=1S/C22H19NO2/c1-3-23(4-2)20-19(15-14-16-10-6-5-7-11-16)21(24)17-12-8-9-13-18(17)22(20)25/h5-13H,3-4H2,1-2H3. The first-order valence-corrected chi connectivity index (χ1v) is 8.42. The molecule has 0 unspecified atom stereocenters. The molecule has 1 aliphatic carbocycles. The molecule has 3 heteroatoms. The maximum Gasteiger partial charge on any atom is 0.211 e. The van der Waals surface area contributed by atoms with Crippen molar-refractivity contribution < 1.29 is 9.59 Å². The molecule has 2 aromatic rings.